The van der Waals surface area contributed by atoms with E-state index >= 15 is 0 Å². The van der Waals surface area contributed by atoms with Gasteiger partial charge in [-0.1, -0.05) is 40.9 Å². The van der Waals surface area contributed by atoms with Crippen LogP contribution in [0.3, 0.4) is 0 Å². The molecule has 0 aliphatic carbocycles. The van der Waals surface area contributed by atoms with E-state index in [1.165, 1.54) is 18.2 Å². The molecule has 1 amide bonds. The predicted octanol–water partition coefficient (Wildman–Crippen LogP) is 5.03. The van der Waals surface area contributed by atoms with Crippen molar-refractivity contribution in [2.75, 3.05) is 12.1 Å². The number of anilines is 1. The Morgan fingerprint density at radius 1 is 1.00 bits per heavy atom. The van der Waals surface area contributed by atoms with Crippen molar-refractivity contribution in [1.82, 2.24) is 0 Å². The smallest absolute Gasteiger partial charge is 0.248 e. The quantitative estimate of drug-likeness (QED) is 0.609. The molecule has 0 bridgehead atoms. The lowest BCUT2D eigenvalue weighted by molar-refractivity contribution is -0.111. The molecule has 2 aromatic carbocycles. The number of halogens is 3. The molecule has 0 atom stereocenters. The van der Waals surface area contributed by atoms with Crippen LogP contribution < -0.4 is 14.8 Å². The van der Waals surface area contributed by atoms with E-state index in [0.717, 1.165) is 5.56 Å². The molecular weight excluding hydrogens is 361 g/mol. The Bertz CT molecular complexity index is 805. The third kappa shape index (κ3) is 3.72. The summed E-state index contributed by atoms with van der Waals surface area (Å²) in [5.41, 5.74) is 1.20. The maximum absolute atomic E-state index is 12.0. The number of hydrogen-bond donors (Lipinski definition) is 1. The Morgan fingerprint density at radius 3 is 2.57 bits per heavy atom. The molecule has 0 saturated heterocycles. The number of rotatable bonds is 3. The predicted molar refractivity (Wildman–Crippen MR) is 91.7 cm³/mol. The van der Waals surface area contributed by atoms with Gasteiger partial charge >= 0.3 is 0 Å². The van der Waals surface area contributed by atoms with Crippen molar-refractivity contribution in [2.24, 2.45) is 0 Å². The van der Waals surface area contributed by atoms with Crippen LogP contribution in [0.4, 0.5) is 5.69 Å². The SMILES string of the molecule is O=C(/C=C/c1ccc2c(c1)OCO2)Nc1cc(Cl)c(Cl)cc1Cl. The molecule has 0 unspecified atom stereocenters. The Kier molecular flexibility index (Phi) is 4.66. The Hall–Kier alpha value is -1.88. The average molecular weight is 371 g/mol. The second-order valence-corrected chi connectivity index (χ2v) is 5.90. The Morgan fingerprint density at radius 2 is 1.74 bits per heavy atom. The van der Waals surface area contributed by atoms with Crippen LogP contribution in [0.5, 0.6) is 11.5 Å². The lowest BCUT2D eigenvalue weighted by Gasteiger charge is -2.06. The average Bonchev–Trinajstić information content (AvgIpc) is 2.98. The standard InChI is InChI=1S/C16H10Cl3NO3/c17-10-6-12(19)13(7-11(10)18)20-16(21)4-2-9-1-3-14-15(5-9)23-8-22-14/h1-7H,8H2,(H,20,21)/b4-2+. The first kappa shape index (κ1) is 16.0. The zero-order valence-corrected chi connectivity index (χ0v) is 13.9. The highest BCUT2D eigenvalue weighted by Crippen LogP contribution is 2.33. The first-order valence-corrected chi connectivity index (χ1v) is 7.69. The minimum atomic E-state index is -0.344. The molecule has 0 radical (unpaired) electrons. The molecule has 1 aliphatic heterocycles. The van der Waals surface area contributed by atoms with Crippen LogP contribution in [0, 0.1) is 0 Å². The summed E-state index contributed by atoms with van der Waals surface area (Å²) < 4.78 is 10.5. The monoisotopic (exact) mass is 369 g/mol. The first-order valence-electron chi connectivity index (χ1n) is 6.56. The topological polar surface area (TPSA) is 47.6 Å². The van der Waals surface area contributed by atoms with Gasteiger partial charge in [0, 0.05) is 6.08 Å². The molecule has 2 aromatic rings. The number of carbonyl (C=O) groups excluding carboxylic acids is 1. The van der Waals surface area contributed by atoms with Gasteiger partial charge in [-0.3, -0.25) is 4.79 Å². The number of benzene rings is 2. The van der Waals surface area contributed by atoms with E-state index < -0.39 is 0 Å². The number of carbonyl (C=O) groups is 1. The summed E-state index contributed by atoms with van der Waals surface area (Å²) in [5.74, 6) is 0.997. The lowest BCUT2D eigenvalue weighted by Crippen LogP contribution is -2.08. The fraction of sp³-hybridized carbons (Fsp3) is 0.0625. The minimum Gasteiger partial charge on any atom is -0.454 e. The van der Waals surface area contributed by atoms with Gasteiger partial charge in [0.2, 0.25) is 12.7 Å². The van der Waals surface area contributed by atoms with Crippen molar-refractivity contribution in [2.45, 2.75) is 0 Å². The summed E-state index contributed by atoms with van der Waals surface area (Å²) in [6.45, 7) is 0.207. The van der Waals surface area contributed by atoms with Crippen LogP contribution in [0.15, 0.2) is 36.4 Å². The van der Waals surface area contributed by atoms with Crippen LogP contribution >= 0.6 is 34.8 Å². The van der Waals surface area contributed by atoms with Gasteiger partial charge < -0.3 is 14.8 Å². The van der Waals surface area contributed by atoms with E-state index in [1.54, 1.807) is 18.2 Å². The number of ether oxygens (including phenoxy) is 2. The van der Waals surface area contributed by atoms with Gasteiger partial charge in [-0.15, -0.1) is 0 Å². The molecule has 0 fully saturated rings. The molecule has 1 N–H and O–H groups in total. The largest absolute Gasteiger partial charge is 0.454 e. The number of amides is 1. The molecule has 0 spiro atoms. The van der Waals surface area contributed by atoms with Crippen molar-refractivity contribution in [3.8, 4) is 11.5 Å². The maximum atomic E-state index is 12.0. The van der Waals surface area contributed by atoms with Gasteiger partial charge in [0.15, 0.2) is 11.5 Å². The highest BCUT2D eigenvalue weighted by atomic mass is 35.5. The second kappa shape index (κ2) is 6.71. The molecule has 0 saturated carbocycles. The number of nitrogens with one attached hydrogen (secondary N) is 1. The van der Waals surface area contributed by atoms with Gasteiger partial charge in [0.1, 0.15) is 0 Å². The van der Waals surface area contributed by atoms with E-state index in [-0.39, 0.29) is 12.7 Å². The van der Waals surface area contributed by atoms with Crippen molar-refractivity contribution in [3.05, 3.63) is 57.0 Å². The van der Waals surface area contributed by atoms with E-state index in [0.29, 0.717) is 32.3 Å². The van der Waals surface area contributed by atoms with Crippen LogP contribution in [0.2, 0.25) is 15.1 Å². The van der Waals surface area contributed by atoms with Crippen molar-refractivity contribution in [1.29, 1.82) is 0 Å². The summed E-state index contributed by atoms with van der Waals surface area (Å²) in [6.07, 6.45) is 3.04. The molecule has 23 heavy (non-hydrogen) atoms. The third-order valence-corrected chi connectivity index (χ3v) is 4.13. The van der Waals surface area contributed by atoms with Gasteiger partial charge in [-0.2, -0.15) is 0 Å². The van der Waals surface area contributed by atoms with Crippen LogP contribution in [0.1, 0.15) is 5.56 Å². The summed E-state index contributed by atoms with van der Waals surface area (Å²) >= 11 is 17.8. The molecule has 4 nitrogen and oxygen atoms in total. The summed E-state index contributed by atoms with van der Waals surface area (Å²) in [6, 6.07) is 8.37. The second-order valence-electron chi connectivity index (χ2n) is 4.68. The van der Waals surface area contributed by atoms with Crippen LogP contribution in [-0.2, 0) is 4.79 Å². The van der Waals surface area contributed by atoms with Crippen molar-refractivity contribution in [3.63, 3.8) is 0 Å². The first-order chi connectivity index (χ1) is 11.0. The number of hydrogen-bond acceptors (Lipinski definition) is 3. The molecule has 0 aromatic heterocycles. The normalized spacial score (nSPS) is 12.7. The highest BCUT2D eigenvalue weighted by molar-refractivity contribution is 6.44. The molecule has 1 heterocycles. The zero-order chi connectivity index (χ0) is 16.4. The molecule has 118 valence electrons. The highest BCUT2D eigenvalue weighted by Gasteiger charge is 2.12. The summed E-state index contributed by atoms with van der Waals surface area (Å²) in [5, 5.41) is 3.59. The molecule has 7 heteroatoms. The minimum absolute atomic E-state index is 0.207. The van der Waals surface area contributed by atoms with Gasteiger partial charge in [-0.05, 0) is 35.9 Å². The number of fused-ring (bicyclic) bond motifs is 1. The zero-order valence-electron chi connectivity index (χ0n) is 11.6. The molecular formula is C16H10Cl3NO3. The van der Waals surface area contributed by atoms with Gasteiger partial charge in [0.25, 0.3) is 0 Å². The van der Waals surface area contributed by atoms with Crippen molar-refractivity contribution < 1.29 is 14.3 Å². The van der Waals surface area contributed by atoms with Crippen LogP contribution in [0.25, 0.3) is 6.08 Å². The van der Waals surface area contributed by atoms with Crippen molar-refractivity contribution >= 4 is 52.5 Å². The fourth-order valence-corrected chi connectivity index (χ4v) is 2.58. The maximum Gasteiger partial charge on any atom is 0.248 e. The Labute approximate surface area is 147 Å². The van der Waals surface area contributed by atoms with E-state index in [1.807, 2.05) is 6.07 Å². The van der Waals surface area contributed by atoms with Crippen LogP contribution in [-0.4, -0.2) is 12.7 Å². The molecule has 1 aliphatic rings. The van der Waals surface area contributed by atoms with Gasteiger partial charge in [0.05, 0.1) is 20.8 Å². The molecule has 3 rings (SSSR count). The summed E-state index contributed by atoms with van der Waals surface area (Å²) in [7, 11) is 0. The van der Waals surface area contributed by atoms with E-state index in [2.05, 4.69) is 5.32 Å². The van der Waals surface area contributed by atoms with Gasteiger partial charge in [-0.25, -0.2) is 0 Å². The Balaban J connectivity index is 1.71. The third-order valence-electron chi connectivity index (χ3n) is 3.09. The summed E-state index contributed by atoms with van der Waals surface area (Å²) in [4.78, 5) is 12.0. The fourth-order valence-electron chi connectivity index (χ4n) is 1.98. The lowest BCUT2D eigenvalue weighted by atomic mass is 10.2. The van der Waals surface area contributed by atoms with E-state index in [4.69, 9.17) is 44.3 Å². The van der Waals surface area contributed by atoms with E-state index in [9.17, 15) is 4.79 Å².